The number of hydrogen-bond donors (Lipinski definition) is 2. The minimum Gasteiger partial charge on any atom is -0.456 e. The van der Waals surface area contributed by atoms with Crippen LogP contribution in [0.2, 0.25) is 0 Å². The van der Waals surface area contributed by atoms with Gasteiger partial charge in [-0.3, -0.25) is 4.79 Å². The van der Waals surface area contributed by atoms with Crippen molar-refractivity contribution in [2.75, 3.05) is 13.2 Å². The second-order valence-electron chi connectivity index (χ2n) is 5.44. The third kappa shape index (κ3) is 3.85. The molecule has 0 aliphatic heterocycles. The molecule has 20 heavy (non-hydrogen) atoms. The van der Waals surface area contributed by atoms with Gasteiger partial charge in [0.1, 0.15) is 5.76 Å². The Hall–Kier alpha value is -1.29. The van der Waals surface area contributed by atoms with Crippen LogP contribution in [0.25, 0.3) is 0 Å². The predicted molar refractivity (Wildman–Crippen MR) is 79.9 cm³/mol. The van der Waals surface area contributed by atoms with Gasteiger partial charge in [-0.1, -0.05) is 20.8 Å². The molecule has 0 spiro atoms. The monoisotopic (exact) mass is 281 g/mol. The van der Waals surface area contributed by atoms with Gasteiger partial charge in [-0.25, -0.2) is 0 Å². The number of carbonyl (C=O) groups is 1. The SMILES string of the molecule is CCc1cc(C)c(C(=O)NCC(CC)(CC)CCO)o1. The molecule has 0 bridgehead atoms. The number of aliphatic hydroxyl groups excluding tert-OH is 1. The third-order valence-corrected chi connectivity index (χ3v) is 4.29. The van der Waals surface area contributed by atoms with E-state index in [-0.39, 0.29) is 17.9 Å². The maximum atomic E-state index is 12.2. The van der Waals surface area contributed by atoms with E-state index in [1.54, 1.807) is 0 Å². The first kappa shape index (κ1) is 16.8. The molecular formula is C16H27NO3. The Kier molecular flexibility index (Phi) is 6.27. The Morgan fingerprint density at radius 3 is 2.45 bits per heavy atom. The molecular weight excluding hydrogens is 254 g/mol. The lowest BCUT2D eigenvalue weighted by Crippen LogP contribution is -2.37. The van der Waals surface area contributed by atoms with Crippen LogP contribution in [0.1, 0.15) is 61.9 Å². The maximum Gasteiger partial charge on any atom is 0.287 e. The Morgan fingerprint density at radius 2 is 2.00 bits per heavy atom. The van der Waals surface area contributed by atoms with Gasteiger partial charge in [0.2, 0.25) is 0 Å². The molecule has 0 aromatic carbocycles. The van der Waals surface area contributed by atoms with Crippen molar-refractivity contribution in [2.24, 2.45) is 5.41 Å². The lowest BCUT2D eigenvalue weighted by Gasteiger charge is -2.31. The first-order valence-electron chi connectivity index (χ1n) is 7.50. The van der Waals surface area contributed by atoms with Crippen LogP contribution in [-0.2, 0) is 6.42 Å². The average molecular weight is 281 g/mol. The van der Waals surface area contributed by atoms with Gasteiger partial charge in [-0.2, -0.15) is 0 Å². The highest BCUT2D eigenvalue weighted by molar-refractivity contribution is 5.92. The molecule has 1 aromatic rings. The van der Waals surface area contributed by atoms with E-state index in [2.05, 4.69) is 19.2 Å². The smallest absolute Gasteiger partial charge is 0.287 e. The molecule has 114 valence electrons. The van der Waals surface area contributed by atoms with Crippen molar-refractivity contribution < 1.29 is 14.3 Å². The van der Waals surface area contributed by atoms with Crippen LogP contribution in [0.5, 0.6) is 0 Å². The van der Waals surface area contributed by atoms with Gasteiger partial charge in [0.25, 0.3) is 5.91 Å². The van der Waals surface area contributed by atoms with Crippen LogP contribution < -0.4 is 5.32 Å². The van der Waals surface area contributed by atoms with Crippen molar-refractivity contribution in [1.29, 1.82) is 0 Å². The molecule has 0 saturated carbocycles. The van der Waals surface area contributed by atoms with Gasteiger partial charge in [-0.05, 0) is 37.7 Å². The van der Waals surface area contributed by atoms with E-state index in [0.717, 1.165) is 30.6 Å². The first-order valence-corrected chi connectivity index (χ1v) is 7.50. The van der Waals surface area contributed by atoms with Crippen LogP contribution in [0.3, 0.4) is 0 Å². The second kappa shape index (κ2) is 7.48. The molecule has 1 aromatic heterocycles. The molecule has 2 N–H and O–H groups in total. The lowest BCUT2D eigenvalue weighted by atomic mass is 9.79. The summed E-state index contributed by atoms with van der Waals surface area (Å²) in [6.45, 7) is 8.80. The maximum absolute atomic E-state index is 12.2. The number of nitrogens with one attached hydrogen (secondary N) is 1. The molecule has 0 fully saturated rings. The zero-order chi connectivity index (χ0) is 15.2. The topological polar surface area (TPSA) is 62.5 Å². The summed E-state index contributed by atoms with van der Waals surface area (Å²) in [5.74, 6) is 1.08. The van der Waals surface area contributed by atoms with Crippen LogP contribution in [0.4, 0.5) is 0 Å². The quantitative estimate of drug-likeness (QED) is 0.769. The zero-order valence-corrected chi connectivity index (χ0v) is 13.1. The number of aryl methyl sites for hydroxylation is 2. The van der Waals surface area contributed by atoms with E-state index in [9.17, 15) is 9.90 Å². The average Bonchev–Trinajstić information content (AvgIpc) is 2.84. The van der Waals surface area contributed by atoms with Crippen molar-refractivity contribution in [2.45, 2.75) is 53.4 Å². The second-order valence-corrected chi connectivity index (χ2v) is 5.44. The highest BCUT2D eigenvalue weighted by Crippen LogP contribution is 2.29. The fourth-order valence-electron chi connectivity index (χ4n) is 2.47. The molecule has 0 aliphatic rings. The van der Waals surface area contributed by atoms with Crippen molar-refractivity contribution in [3.63, 3.8) is 0 Å². The fourth-order valence-corrected chi connectivity index (χ4v) is 2.47. The summed E-state index contributed by atoms with van der Waals surface area (Å²) in [4.78, 5) is 12.2. The summed E-state index contributed by atoms with van der Waals surface area (Å²) < 4.78 is 5.56. The van der Waals surface area contributed by atoms with Crippen LogP contribution in [0.15, 0.2) is 10.5 Å². The van der Waals surface area contributed by atoms with E-state index in [1.807, 2.05) is 19.9 Å². The molecule has 0 saturated heterocycles. The third-order valence-electron chi connectivity index (χ3n) is 4.29. The molecule has 0 unspecified atom stereocenters. The molecule has 1 heterocycles. The van der Waals surface area contributed by atoms with Crippen LogP contribution >= 0.6 is 0 Å². The highest BCUT2D eigenvalue weighted by Gasteiger charge is 2.27. The summed E-state index contributed by atoms with van der Waals surface area (Å²) in [7, 11) is 0. The Balaban J connectivity index is 2.72. The summed E-state index contributed by atoms with van der Waals surface area (Å²) in [5.41, 5.74) is 0.846. The number of aliphatic hydroxyl groups is 1. The Morgan fingerprint density at radius 1 is 1.35 bits per heavy atom. The van der Waals surface area contributed by atoms with E-state index in [0.29, 0.717) is 18.7 Å². The minimum absolute atomic E-state index is 0.0293. The largest absolute Gasteiger partial charge is 0.456 e. The van der Waals surface area contributed by atoms with E-state index < -0.39 is 0 Å². The van der Waals surface area contributed by atoms with Crippen LogP contribution in [-0.4, -0.2) is 24.2 Å². The van der Waals surface area contributed by atoms with Gasteiger partial charge in [0, 0.05) is 25.1 Å². The van der Waals surface area contributed by atoms with Crippen molar-refractivity contribution in [3.8, 4) is 0 Å². The van der Waals surface area contributed by atoms with Crippen LogP contribution in [0, 0.1) is 12.3 Å². The van der Waals surface area contributed by atoms with Gasteiger partial charge in [-0.15, -0.1) is 0 Å². The number of furan rings is 1. The number of hydrogen-bond acceptors (Lipinski definition) is 3. The Bertz CT molecular complexity index is 433. The highest BCUT2D eigenvalue weighted by atomic mass is 16.4. The molecule has 1 rings (SSSR count). The van der Waals surface area contributed by atoms with E-state index in [4.69, 9.17) is 4.42 Å². The molecule has 0 radical (unpaired) electrons. The normalized spacial score (nSPS) is 11.7. The summed E-state index contributed by atoms with van der Waals surface area (Å²) >= 11 is 0. The van der Waals surface area contributed by atoms with Gasteiger partial charge < -0.3 is 14.8 Å². The van der Waals surface area contributed by atoms with Crippen molar-refractivity contribution in [1.82, 2.24) is 5.32 Å². The van der Waals surface area contributed by atoms with Gasteiger partial charge in [0.05, 0.1) is 0 Å². The summed E-state index contributed by atoms with van der Waals surface area (Å²) in [5, 5.41) is 12.2. The standard InChI is InChI=1S/C16H27NO3/c1-5-13-10-12(4)14(20-13)15(19)17-11-16(6-2,7-3)8-9-18/h10,18H,5-9,11H2,1-4H3,(H,17,19). The summed E-state index contributed by atoms with van der Waals surface area (Å²) in [6, 6.07) is 1.91. The van der Waals surface area contributed by atoms with Crippen molar-refractivity contribution >= 4 is 5.91 Å². The molecule has 1 amide bonds. The molecule has 0 aliphatic carbocycles. The fraction of sp³-hybridized carbons (Fsp3) is 0.688. The number of amides is 1. The first-order chi connectivity index (χ1) is 9.51. The molecule has 0 atom stereocenters. The molecule has 4 heteroatoms. The van der Waals surface area contributed by atoms with E-state index >= 15 is 0 Å². The van der Waals surface area contributed by atoms with Gasteiger partial charge in [0.15, 0.2) is 5.76 Å². The minimum atomic E-state index is -0.161. The van der Waals surface area contributed by atoms with Crippen molar-refractivity contribution in [3.05, 3.63) is 23.2 Å². The predicted octanol–water partition coefficient (Wildman–Crippen LogP) is 3.07. The number of carbonyl (C=O) groups excluding carboxylic acids is 1. The summed E-state index contributed by atoms with van der Waals surface area (Å²) in [6.07, 6.45) is 3.35. The lowest BCUT2D eigenvalue weighted by molar-refractivity contribution is 0.0877. The zero-order valence-electron chi connectivity index (χ0n) is 13.1. The molecule has 4 nitrogen and oxygen atoms in total. The van der Waals surface area contributed by atoms with Gasteiger partial charge >= 0.3 is 0 Å². The number of rotatable bonds is 8. The Labute approximate surface area is 121 Å². The van der Waals surface area contributed by atoms with E-state index in [1.165, 1.54) is 0 Å².